The summed E-state index contributed by atoms with van der Waals surface area (Å²) < 4.78 is 28.5. The number of rotatable bonds is 18. The Morgan fingerprint density at radius 3 is 1.26 bits per heavy atom. The molecule has 70 heavy (non-hydrogen) atoms. The van der Waals surface area contributed by atoms with Gasteiger partial charge in [-0.3, -0.25) is 4.79 Å². The summed E-state index contributed by atoms with van der Waals surface area (Å²) in [5, 5.41) is 11.4. The molecular weight excluding hydrogens is 929 g/mol. The Morgan fingerprint density at radius 1 is 0.514 bits per heavy atom. The van der Waals surface area contributed by atoms with Gasteiger partial charge < -0.3 is 22.8 Å². The summed E-state index contributed by atoms with van der Waals surface area (Å²) >= 11 is 0. The molecule has 4 aliphatic rings. The number of Topliss-reactive ketones (excluding diaryl/α,β-unsaturated/α-hetero) is 1. The topological polar surface area (TPSA) is 74.2 Å². The molecule has 414 valence electrons. The van der Waals surface area contributed by atoms with E-state index in [0.717, 1.165) is 44.9 Å². The van der Waals surface area contributed by atoms with Gasteiger partial charge in [0, 0.05) is 12.3 Å². The average Bonchev–Trinajstić information content (AvgIpc) is 3.70. The number of hydrogen-bond acceptors (Lipinski definition) is 6. The summed E-state index contributed by atoms with van der Waals surface area (Å²) in [6, 6.07) is 0. The van der Waals surface area contributed by atoms with Gasteiger partial charge in [-0.25, -0.2) is 0 Å². The zero-order valence-electron chi connectivity index (χ0n) is 52.1. The number of aliphatic hydroxyl groups is 1. The Kier molecular flexibility index (Phi) is 20.6. The third-order valence-electron chi connectivity index (χ3n) is 21.9. The van der Waals surface area contributed by atoms with Crippen molar-refractivity contribution in [1.29, 1.82) is 0 Å². The minimum atomic E-state index is -1.96. The molecule has 4 aliphatic carbocycles. The highest BCUT2D eigenvalue weighted by molar-refractivity contribution is 6.75. The number of carbonyl (C=O) groups excluding carboxylic acids is 1. The zero-order chi connectivity index (χ0) is 54.5. The molecule has 0 aromatic carbocycles. The van der Waals surface area contributed by atoms with Crippen molar-refractivity contribution in [2.24, 2.45) is 46.3 Å². The van der Waals surface area contributed by atoms with Crippen molar-refractivity contribution in [2.45, 2.75) is 330 Å². The number of hydrogen-bond donors (Lipinski definition) is 1. The van der Waals surface area contributed by atoms with Crippen LogP contribution in [0.2, 0.25) is 72.5 Å². The lowest BCUT2D eigenvalue weighted by molar-refractivity contribution is -0.130. The standard InChI is InChI=1S/C30H62O3Si2.C30H60O3Si2/c2*1-22(23-18-19-24-25(31)16-15-21-30(23,24)10)17-20-26(32-34(11,12)27(2,3)4)29(8,9)33-35(13,14)28(5,6)7/h22-26,31H,15-21H2,1-14H3;22-24,26H,15-21H2,1-14H3/t22-,23-,24+,25+,26-,30-;22-,23-,24+,26-,30-/m11/s1. The van der Waals surface area contributed by atoms with Crippen LogP contribution < -0.4 is 0 Å². The first-order valence-electron chi connectivity index (χ1n) is 29.1. The second kappa shape index (κ2) is 22.4. The van der Waals surface area contributed by atoms with E-state index in [9.17, 15) is 9.90 Å². The van der Waals surface area contributed by atoms with E-state index in [1.165, 1.54) is 44.9 Å². The molecular formula is C60H122O6Si4. The van der Waals surface area contributed by atoms with E-state index >= 15 is 0 Å². The Balaban J connectivity index is 0.000000370. The monoisotopic (exact) mass is 1050 g/mol. The summed E-state index contributed by atoms with van der Waals surface area (Å²) in [4.78, 5) is 12.7. The third-order valence-corrected chi connectivity index (χ3v) is 40.2. The van der Waals surface area contributed by atoms with Gasteiger partial charge in [-0.05, 0) is 218 Å². The van der Waals surface area contributed by atoms with Crippen molar-refractivity contribution in [3.63, 3.8) is 0 Å². The van der Waals surface area contributed by atoms with Gasteiger partial charge >= 0.3 is 0 Å². The van der Waals surface area contributed by atoms with Crippen LogP contribution in [0.1, 0.15) is 228 Å². The third kappa shape index (κ3) is 14.9. The number of carbonyl (C=O) groups is 1. The largest absolute Gasteiger partial charge is 0.411 e. The first-order valence-corrected chi connectivity index (χ1v) is 40.7. The van der Waals surface area contributed by atoms with Gasteiger partial charge in [-0.2, -0.15) is 0 Å². The van der Waals surface area contributed by atoms with E-state index in [2.05, 4.69) is 191 Å². The molecule has 0 amide bonds. The van der Waals surface area contributed by atoms with Gasteiger partial charge in [-0.1, -0.05) is 117 Å². The highest BCUT2D eigenvalue weighted by atomic mass is 28.4. The number of fused-ring (bicyclic) bond motifs is 2. The van der Waals surface area contributed by atoms with E-state index in [0.29, 0.717) is 46.7 Å². The van der Waals surface area contributed by atoms with Crippen molar-refractivity contribution in [3.8, 4) is 0 Å². The first-order chi connectivity index (χ1) is 31.1. The fourth-order valence-corrected chi connectivity index (χ4v) is 19.6. The van der Waals surface area contributed by atoms with E-state index in [1.54, 1.807) is 0 Å². The van der Waals surface area contributed by atoms with E-state index in [4.69, 9.17) is 17.7 Å². The molecule has 4 rings (SSSR count). The van der Waals surface area contributed by atoms with Crippen LogP contribution in [-0.2, 0) is 22.5 Å². The lowest BCUT2D eigenvalue weighted by atomic mass is 9.61. The fraction of sp³-hybridized carbons (Fsp3) is 0.983. The van der Waals surface area contributed by atoms with E-state index < -0.39 is 33.3 Å². The maximum absolute atomic E-state index is 12.7. The fourth-order valence-electron chi connectivity index (χ4n) is 13.2. The van der Waals surface area contributed by atoms with Gasteiger partial charge in [0.05, 0.1) is 29.5 Å². The molecule has 0 aliphatic heterocycles. The number of ketones is 1. The van der Waals surface area contributed by atoms with Gasteiger partial charge in [0.25, 0.3) is 0 Å². The molecule has 0 spiro atoms. The normalized spacial score (nSPS) is 29.7. The predicted octanol–water partition coefficient (Wildman–Crippen LogP) is 18.5. The molecule has 0 radical (unpaired) electrons. The van der Waals surface area contributed by atoms with Crippen LogP contribution in [0.3, 0.4) is 0 Å². The summed E-state index contributed by atoms with van der Waals surface area (Å²) in [6.07, 6.45) is 15.9. The molecule has 0 heterocycles. The summed E-state index contributed by atoms with van der Waals surface area (Å²) in [6.45, 7) is 66.0. The average molecular weight is 1050 g/mol. The van der Waals surface area contributed by atoms with Crippen LogP contribution in [0.5, 0.6) is 0 Å². The highest BCUT2D eigenvalue weighted by Crippen LogP contribution is 2.60. The number of aliphatic hydroxyl groups excluding tert-OH is 1. The summed E-state index contributed by atoms with van der Waals surface area (Å²) in [7, 11) is -7.81. The lowest BCUT2D eigenvalue weighted by Crippen LogP contribution is -2.56. The highest BCUT2D eigenvalue weighted by Gasteiger charge is 2.55. The second-order valence-electron chi connectivity index (χ2n) is 32.1. The molecule has 10 heteroatoms. The van der Waals surface area contributed by atoms with Crippen molar-refractivity contribution >= 4 is 39.1 Å². The SMILES string of the molecule is C[C@H](CC[C@@H](O[Si](C)(C)C(C)(C)C)C(C)(C)O[Si](C)(C)C(C)(C)C)[C@H]1CC[C@H]2C(=O)CCC[C@]12C.C[C@H](CC[C@@H](O[Si](C)(C)C(C)(C)C)C(C)(C)O[Si](C)(C)C(C)(C)C)[C@H]1CC[C@H]2[C@@H](O)CCC[C@]12C. The van der Waals surface area contributed by atoms with Crippen molar-refractivity contribution < 1.29 is 27.6 Å². The smallest absolute Gasteiger partial charge is 0.192 e. The van der Waals surface area contributed by atoms with Crippen molar-refractivity contribution in [1.82, 2.24) is 0 Å². The van der Waals surface area contributed by atoms with Crippen molar-refractivity contribution in [2.75, 3.05) is 0 Å². The second-order valence-corrected chi connectivity index (χ2v) is 51.1. The van der Waals surface area contributed by atoms with Crippen molar-refractivity contribution in [3.05, 3.63) is 0 Å². The van der Waals surface area contributed by atoms with Crippen LogP contribution in [0.15, 0.2) is 0 Å². The zero-order valence-corrected chi connectivity index (χ0v) is 56.1. The molecule has 0 aromatic rings. The Morgan fingerprint density at radius 2 is 0.871 bits per heavy atom. The minimum Gasteiger partial charge on any atom is -0.411 e. The summed E-state index contributed by atoms with van der Waals surface area (Å²) in [5.41, 5.74) is -0.139. The molecule has 6 nitrogen and oxygen atoms in total. The molecule has 1 N–H and O–H groups in total. The molecule has 4 saturated carbocycles. The van der Waals surface area contributed by atoms with Gasteiger partial charge in [-0.15, -0.1) is 0 Å². The first kappa shape index (κ1) is 64.6. The Bertz CT molecular complexity index is 1690. The van der Waals surface area contributed by atoms with Gasteiger partial charge in [0.15, 0.2) is 33.3 Å². The quantitative estimate of drug-likeness (QED) is 0.138. The molecule has 0 aromatic heterocycles. The Hall–Kier alpha value is 0.338. The predicted molar refractivity (Wildman–Crippen MR) is 313 cm³/mol. The Labute approximate surface area is 441 Å². The molecule has 0 saturated heterocycles. The van der Waals surface area contributed by atoms with Crippen LogP contribution in [0.4, 0.5) is 0 Å². The lowest BCUT2D eigenvalue weighted by Gasteiger charge is -2.49. The van der Waals surface area contributed by atoms with E-state index in [1.807, 2.05) is 0 Å². The molecule has 0 bridgehead atoms. The molecule has 11 atom stereocenters. The van der Waals surface area contributed by atoms with Crippen LogP contribution in [0, 0.1) is 46.3 Å². The minimum absolute atomic E-state index is 0.0814. The molecule has 4 fully saturated rings. The summed E-state index contributed by atoms with van der Waals surface area (Å²) in [5.74, 6) is 3.95. The van der Waals surface area contributed by atoms with E-state index in [-0.39, 0.29) is 55.1 Å². The van der Waals surface area contributed by atoms with Gasteiger partial charge in [0.1, 0.15) is 5.78 Å². The maximum Gasteiger partial charge on any atom is 0.192 e. The van der Waals surface area contributed by atoms with Crippen LogP contribution >= 0.6 is 0 Å². The molecule has 0 unspecified atom stereocenters. The van der Waals surface area contributed by atoms with Gasteiger partial charge in [0.2, 0.25) is 0 Å². The maximum atomic E-state index is 12.7. The van der Waals surface area contributed by atoms with Crippen LogP contribution in [-0.4, -0.2) is 73.7 Å². The van der Waals surface area contributed by atoms with Crippen LogP contribution in [0.25, 0.3) is 0 Å².